The first-order valence-corrected chi connectivity index (χ1v) is 11.9. The van der Waals surface area contributed by atoms with Gasteiger partial charge >= 0.3 is 0 Å². The van der Waals surface area contributed by atoms with E-state index in [1.165, 1.54) is 4.90 Å². The lowest BCUT2D eigenvalue weighted by Crippen LogP contribution is -2.44. The first kappa shape index (κ1) is 24.1. The summed E-state index contributed by atoms with van der Waals surface area (Å²) in [6, 6.07) is 24.2. The molecule has 6 nitrogen and oxygen atoms in total. The van der Waals surface area contributed by atoms with Crippen molar-refractivity contribution < 1.29 is 19.1 Å². The third kappa shape index (κ3) is 6.09. The summed E-state index contributed by atoms with van der Waals surface area (Å²) in [4.78, 5) is 27.7. The van der Waals surface area contributed by atoms with Gasteiger partial charge in [-0.1, -0.05) is 67.9 Å². The van der Waals surface area contributed by atoms with Crippen LogP contribution in [0.15, 0.2) is 84.6 Å². The summed E-state index contributed by atoms with van der Waals surface area (Å²) in [6.45, 7) is 4.62. The molecule has 0 aliphatic carbocycles. The van der Waals surface area contributed by atoms with E-state index in [4.69, 9.17) is 9.47 Å². The molecule has 35 heavy (non-hydrogen) atoms. The van der Waals surface area contributed by atoms with E-state index in [-0.39, 0.29) is 30.2 Å². The van der Waals surface area contributed by atoms with Crippen molar-refractivity contribution in [1.29, 1.82) is 0 Å². The summed E-state index contributed by atoms with van der Waals surface area (Å²) in [5, 5.41) is 3.00. The van der Waals surface area contributed by atoms with Crippen LogP contribution in [0.3, 0.4) is 0 Å². The fraction of sp³-hybridized carbons (Fsp3) is 0.241. The molecule has 2 amide bonds. The largest absolute Gasteiger partial charge is 0.494 e. The molecule has 180 valence electrons. The fourth-order valence-electron chi connectivity index (χ4n) is 3.82. The lowest BCUT2D eigenvalue weighted by Gasteiger charge is -2.30. The Bertz CT molecular complexity index is 1190. The summed E-state index contributed by atoms with van der Waals surface area (Å²) in [5.74, 6) is 0.908. The molecule has 0 radical (unpaired) electrons. The van der Waals surface area contributed by atoms with Crippen molar-refractivity contribution in [3.63, 3.8) is 0 Å². The second-order valence-corrected chi connectivity index (χ2v) is 8.44. The molecule has 0 saturated carbocycles. The topological polar surface area (TPSA) is 67.9 Å². The van der Waals surface area contributed by atoms with Gasteiger partial charge in [0.25, 0.3) is 5.91 Å². The van der Waals surface area contributed by atoms with Crippen LogP contribution >= 0.6 is 0 Å². The fourth-order valence-corrected chi connectivity index (χ4v) is 3.82. The third-order valence-electron chi connectivity index (χ3n) is 5.76. The molecule has 0 spiro atoms. The molecule has 0 saturated heterocycles. The highest BCUT2D eigenvalue weighted by atomic mass is 16.5. The van der Waals surface area contributed by atoms with E-state index in [1.54, 1.807) is 18.2 Å². The molecular formula is C29H30N2O4. The third-order valence-corrected chi connectivity index (χ3v) is 5.76. The number of nitrogens with one attached hydrogen (secondary N) is 1. The number of carbonyl (C=O) groups excluding carboxylic acids is 2. The number of amides is 2. The van der Waals surface area contributed by atoms with E-state index in [9.17, 15) is 9.59 Å². The Hall–Kier alpha value is -4.06. The summed E-state index contributed by atoms with van der Waals surface area (Å²) < 4.78 is 11.6. The van der Waals surface area contributed by atoms with Gasteiger partial charge in [0.1, 0.15) is 12.3 Å². The van der Waals surface area contributed by atoms with Crippen LogP contribution in [0, 0.1) is 0 Å². The molecule has 1 atom stereocenters. The maximum atomic E-state index is 13.3. The molecule has 6 heteroatoms. The highest BCUT2D eigenvalue weighted by molar-refractivity contribution is 6.12. The minimum atomic E-state index is -0.357. The number of rotatable bonds is 9. The first-order chi connectivity index (χ1) is 17.0. The van der Waals surface area contributed by atoms with Gasteiger partial charge in [-0.3, -0.25) is 14.5 Å². The molecule has 1 aliphatic heterocycles. The van der Waals surface area contributed by atoms with E-state index < -0.39 is 0 Å². The molecule has 1 heterocycles. The average Bonchev–Trinajstić information content (AvgIpc) is 2.87. The molecule has 0 fully saturated rings. The summed E-state index contributed by atoms with van der Waals surface area (Å²) in [5.41, 5.74) is 2.37. The molecule has 4 rings (SSSR count). The molecule has 3 aromatic rings. The van der Waals surface area contributed by atoms with Gasteiger partial charge in [-0.05, 0) is 54.8 Å². The number of ether oxygens (including phenoxy) is 2. The zero-order chi connectivity index (χ0) is 24.6. The van der Waals surface area contributed by atoms with Gasteiger partial charge in [-0.15, -0.1) is 0 Å². The monoisotopic (exact) mass is 470 g/mol. The highest BCUT2D eigenvalue weighted by Crippen LogP contribution is 2.35. The van der Waals surface area contributed by atoms with Crippen molar-refractivity contribution in [2.24, 2.45) is 0 Å². The standard InChI is InChI=1S/C29H30N2O4/c1-3-4-18-34-24-16-14-23(15-17-24)21(2)30-28(32)20-31-25-12-8-9-13-26(25)35-27(29(31)33)19-22-10-6-5-7-11-22/h5-17,19,21H,3-4,18,20H2,1-2H3,(H,30,32). The molecule has 0 bridgehead atoms. The van der Waals surface area contributed by atoms with Gasteiger partial charge < -0.3 is 14.8 Å². The number of anilines is 1. The maximum Gasteiger partial charge on any atom is 0.294 e. The Morgan fingerprint density at radius 3 is 2.49 bits per heavy atom. The van der Waals surface area contributed by atoms with E-state index in [0.717, 1.165) is 29.7 Å². The van der Waals surface area contributed by atoms with Crippen LogP contribution in [-0.4, -0.2) is 25.0 Å². The molecule has 0 aromatic heterocycles. The number of hydrogen-bond acceptors (Lipinski definition) is 4. The lowest BCUT2D eigenvalue weighted by atomic mass is 10.1. The van der Waals surface area contributed by atoms with Crippen LogP contribution in [0.4, 0.5) is 5.69 Å². The number of fused-ring (bicyclic) bond motifs is 1. The quantitative estimate of drug-likeness (QED) is 0.331. The number of para-hydroxylation sites is 2. The van der Waals surface area contributed by atoms with Crippen LogP contribution in [0.2, 0.25) is 0 Å². The molecular weight excluding hydrogens is 440 g/mol. The van der Waals surface area contributed by atoms with Gasteiger partial charge in [0.05, 0.1) is 18.3 Å². The summed E-state index contributed by atoms with van der Waals surface area (Å²) in [7, 11) is 0. The van der Waals surface area contributed by atoms with E-state index in [2.05, 4.69) is 12.2 Å². The zero-order valence-electron chi connectivity index (χ0n) is 20.1. The van der Waals surface area contributed by atoms with E-state index in [1.807, 2.05) is 73.7 Å². The van der Waals surface area contributed by atoms with Crippen molar-refractivity contribution in [3.8, 4) is 11.5 Å². The summed E-state index contributed by atoms with van der Waals surface area (Å²) in [6.07, 6.45) is 3.79. The van der Waals surface area contributed by atoms with Gasteiger partial charge in [0.15, 0.2) is 11.5 Å². The SMILES string of the molecule is CCCCOc1ccc(C(C)NC(=O)CN2C(=O)C(=Cc3ccccc3)Oc3ccccc32)cc1. The minimum Gasteiger partial charge on any atom is -0.494 e. The van der Waals surface area contributed by atoms with Crippen LogP contribution in [0.1, 0.15) is 43.9 Å². The Morgan fingerprint density at radius 1 is 1.03 bits per heavy atom. The van der Waals surface area contributed by atoms with Gasteiger partial charge in [-0.25, -0.2) is 0 Å². The number of carbonyl (C=O) groups is 2. The normalized spacial score (nSPS) is 14.7. The van der Waals surface area contributed by atoms with Crippen molar-refractivity contribution >= 4 is 23.6 Å². The van der Waals surface area contributed by atoms with Crippen molar-refractivity contribution in [1.82, 2.24) is 5.32 Å². The van der Waals surface area contributed by atoms with Crippen molar-refractivity contribution in [2.75, 3.05) is 18.1 Å². The van der Waals surface area contributed by atoms with Gasteiger partial charge in [-0.2, -0.15) is 0 Å². The van der Waals surface area contributed by atoms with Crippen LogP contribution in [0.5, 0.6) is 11.5 Å². The van der Waals surface area contributed by atoms with Crippen molar-refractivity contribution in [3.05, 3.63) is 95.7 Å². The smallest absolute Gasteiger partial charge is 0.294 e. The summed E-state index contributed by atoms with van der Waals surface area (Å²) >= 11 is 0. The van der Waals surface area contributed by atoms with E-state index in [0.29, 0.717) is 18.0 Å². The second kappa shape index (κ2) is 11.4. The molecule has 3 aromatic carbocycles. The average molecular weight is 471 g/mol. The maximum absolute atomic E-state index is 13.3. The second-order valence-electron chi connectivity index (χ2n) is 8.44. The molecule has 1 N–H and O–H groups in total. The van der Waals surface area contributed by atoms with Crippen LogP contribution in [0.25, 0.3) is 6.08 Å². The predicted octanol–water partition coefficient (Wildman–Crippen LogP) is 5.51. The zero-order valence-corrected chi connectivity index (χ0v) is 20.1. The van der Waals surface area contributed by atoms with Crippen LogP contribution < -0.4 is 19.7 Å². The van der Waals surface area contributed by atoms with Crippen molar-refractivity contribution in [2.45, 2.75) is 32.7 Å². The Kier molecular flexibility index (Phi) is 7.83. The Labute approximate surface area is 206 Å². The van der Waals surface area contributed by atoms with E-state index >= 15 is 0 Å². The first-order valence-electron chi connectivity index (χ1n) is 11.9. The highest BCUT2D eigenvalue weighted by Gasteiger charge is 2.31. The number of hydrogen-bond donors (Lipinski definition) is 1. The van der Waals surface area contributed by atoms with Crippen LogP contribution in [-0.2, 0) is 9.59 Å². The number of unbranched alkanes of at least 4 members (excludes halogenated alkanes) is 1. The number of nitrogens with zero attached hydrogens (tertiary/aromatic N) is 1. The molecule has 1 aliphatic rings. The molecule has 1 unspecified atom stereocenters. The predicted molar refractivity (Wildman–Crippen MR) is 137 cm³/mol. The minimum absolute atomic E-state index is 0.117. The Balaban J connectivity index is 1.45. The van der Waals surface area contributed by atoms with Gasteiger partial charge in [0, 0.05) is 0 Å². The Morgan fingerprint density at radius 2 is 1.74 bits per heavy atom. The van der Waals surface area contributed by atoms with Gasteiger partial charge in [0.2, 0.25) is 5.91 Å². The lowest BCUT2D eigenvalue weighted by molar-refractivity contribution is -0.123. The number of benzene rings is 3.